The van der Waals surface area contributed by atoms with E-state index in [9.17, 15) is 18.0 Å². The first-order chi connectivity index (χ1) is 8.83. The molecule has 4 nitrogen and oxygen atoms in total. The van der Waals surface area contributed by atoms with Crippen molar-refractivity contribution in [2.24, 2.45) is 5.73 Å². The van der Waals surface area contributed by atoms with E-state index < -0.39 is 18.8 Å². The van der Waals surface area contributed by atoms with Crippen LogP contribution in [-0.4, -0.2) is 48.7 Å². The molecule has 3 N–H and O–H groups in total. The van der Waals surface area contributed by atoms with E-state index in [0.717, 1.165) is 30.6 Å². The van der Waals surface area contributed by atoms with Crippen LogP contribution in [0.3, 0.4) is 0 Å². The summed E-state index contributed by atoms with van der Waals surface area (Å²) in [5, 5.41) is 2.81. The molecule has 0 aliphatic heterocycles. The minimum absolute atomic E-state index is 0.0543. The molecule has 112 valence electrons. The molecule has 0 bridgehead atoms. The van der Waals surface area contributed by atoms with Crippen LogP contribution in [0.2, 0.25) is 0 Å². The van der Waals surface area contributed by atoms with Crippen LogP contribution in [0.4, 0.5) is 13.2 Å². The molecule has 1 aliphatic carbocycles. The molecular weight excluding hydrogens is 259 g/mol. The molecule has 0 radical (unpaired) electrons. The zero-order valence-corrected chi connectivity index (χ0v) is 11.2. The van der Waals surface area contributed by atoms with E-state index in [4.69, 9.17) is 5.73 Å². The molecule has 0 aromatic carbocycles. The van der Waals surface area contributed by atoms with Crippen LogP contribution in [-0.2, 0) is 4.79 Å². The number of nitrogens with one attached hydrogen (secondary N) is 1. The lowest BCUT2D eigenvalue weighted by Crippen LogP contribution is -2.51. The molecule has 1 rings (SSSR count). The molecule has 1 amide bonds. The highest BCUT2D eigenvalue weighted by atomic mass is 19.4. The topological polar surface area (TPSA) is 58.4 Å². The van der Waals surface area contributed by atoms with Crippen molar-refractivity contribution in [1.29, 1.82) is 0 Å². The van der Waals surface area contributed by atoms with E-state index in [1.165, 1.54) is 6.92 Å². The maximum Gasteiger partial charge on any atom is 0.401 e. The average Bonchev–Trinajstić information content (AvgIpc) is 2.78. The van der Waals surface area contributed by atoms with E-state index >= 15 is 0 Å². The Kier molecular flexibility index (Phi) is 6.06. The molecule has 0 spiro atoms. The monoisotopic (exact) mass is 281 g/mol. The average molecular weight is 281 g/mol. The van der Waals surface area contributed by atoms with Crippen molar-refractivity contribution in [1.82, 2.24) is 10.2 Å². The molecule has 0 aromatic heterocycles. The maximum atomic E-state index is 12.4. The summed E-state index contributed by atoms with van der Waals surface area (Å²) >= 11 is 0. The van der Waals surface area contributed by atoms with Crippen molar-refractivity contribution in [3.8, 4) is 0 Å². The van der Waals surface area contributed by atoms with Gasteiger partial charge < -0.3 is 11.1 Å². The molecular formula is C12H22F3N3O. The molecule has 1 atom stereocenters. The predicted octanol–water partition coefficient (Wildman–Crippen LogP) is 1.26. The highest BCUT2D eigenvalue weighted by Gasteiger charge is 2.34. The minimum atomic E-state index is -4.32. The van der Waals surface area contributed by atoms with Crippen LogP contribution in [0.25, 0.3) is 0 Å². The van der Waals surface area contributed by atoms with Gasteiger partial charge in [0, 0.05) is 19.1 Å². The lowest BCUT2D eigenvalue weighted by molar-refractivity contribution is -0.154. The number of carbonyl (C=O) groups is 1. The number of hydrogen-bond acceptors (Lipinski definition) is 3. The van der Waals surface area contributed by atoms with Crippen LogP contribution in [0.5, 0.6) is 0 Å². The summed E-state index contributed by atoms with van der Waals surface area (Å²) in [7, 11) is 0. The Morgan fingerprint density at radius 3 is 2.47 bits per heavy atom. The summed E-state index contributed by atoms with van der Waals surface area (Å²) in [5.41, 5.74) is 5.31. The van der Waals surface area contributed by atoms with Crippen LogP contribution < -0.4 is 11.1 Å². The van der Waals surface area contributed by atoms with E-state index in [1.54, 1.807) is 0 Å². The van der Waals surface area contributed by atoms with Gasteiger partial charge in [0.25, 0.3) is 0 Å². The SMILES string of the molecule is CC(C(=O)NC1CCCC1)N(CCN)CC(F)(F)F. The second-order valence-electron chi connectivity index (χ2n) is 5.04. The van der Waals surface area contributed by atoms with Crippen molar-refractivity contribution < 1.29 is 18.0 Å². The molecule has 1 aliphatic rings. The first kappa shape index (κ1) is 16.2. The summed E-state index contributed by atoms with van der Waals surface area (Å²) < 4.78 is 37.3. The normalized spacial score (nSPS) is 18.8. The summed E-state index contributed by atoms with van der Waals surface area (Å²) in [6.45, 7) is 0.533. The summed E-state index contributed by atoms with van der Waals surface area (Å²) in [5.74, 6) is -0.343. The number of nitrogens with zero attached hydrogens (tertiary/aromatic N) is 1. The number of nitrogens with two attached hydrogens (primary N) is 1. The fourth-order valence-electron chi connectivity index (χ4n) is 2.36. The van der Waals surface area contributed by atoms with Gasteiger partial charge in [-0.2, -0.15) is 13.2 Å². The Morgan fingerprint density at radius 2 is 2.00 bits per heavy atom. The quantitative estimate of drug-likeness (QED) is 0.770. The van der Waals surface area contributed by atoms with Gasteiger partial charge in [-0.3, -0.25) is 9.69 Å². The van der Waals surface area contributed by atoms with Crippen molar-refractivity contribution in [2.45, 2.75) is 50.9 Å². The van der Waals surface area contributed by atoms with Gasteiger partial charge in [0.15, 0.2) is 0 Å². The zero-order valence-electron chi connectivity index (χ0n) is 11.2. The second-order valence-corrected chi connectivity index (χ2v) is 5.04. The van der Waals surface area contributed by atoms with Gasteiger partial charge in [0.1, 0.15) is 0 Å². The number of halogens is 3. The molecule has 0 heterocycles. The first-order valence-corrected chi connectivity index (χ1v) is 6.64. The smallest absolute Gasteiger partial charge is 0.352 e. The lowest BCUT2D eigenvalue weighted by Gasteiger charge is -2.29. The van der Waals surface area contributed by atoms with Gasteiger partial charge in [-0.15, -0.1) is 0 Å². The molecule has 7 heteroatoms. The van der Waals surface area contributed by atoms with Crippen molar-refractivity contribution in [2.75, 3.05) is 19.6 Å². The highest BCUT2D eigenvalue weighted by molar-refractivity contribution is 5.81. The summed E-state index contributed by atoms with van der Waals surface area (Å²) in [4.78, 5) is 13.0. The fraction of sp³-hybridized carbons (Fsp3) is 0.917. The molecule has 1 fully saturated rings. The molecule has 0 aromatic rings. The van der Waals surface area contributed by atoms with Crippen LogP contribution in [0.15, 0.2) is 0 Å². The van der Waals surface area contributed by atoms with Gasteiger partial charge in [0.2, 0.25) is 5.91 Å². The van der Waals surface area contributed by atoms with Crippen molar-refractivity contribution >= 4 is 5.91 Å². The maximum absolute atomic E-state index is 12.4. The Balaban J connectivity index is 2.53. The number of carbonyl (C=O) groups excluding carboxylic acids is 1. The van der Waals surface area contributed by atoms with Gasteiger partial charge in [-0.05, 0) is 19.8 Å². The molecule has 1 saturated carbocycles. The van der Waals surface area contributed by atoms with Gasteiger partial charge in [-0.25, -0.2) is 0 Å². The minimum Gasteiger partial charge on any atom is -0.352 e. The van der Waals surface area contributed by atoms with Crippen LogP contribution in [0, 0.1) is 0 Å². The van der Waals surface area contributed by atoms with Gasteiger partial charge >= 0.3 is 6.18 Å². The molecule has 1 unspecified atom stereocenters. The number of rotatable bonds is 6. The van der Waals surface area contributed by atoms with E-state index in [2.05, 4.69) is 5.32 Å². The third kappa shape index (κ3) is 5.78. The number of amides is 1. The lowest BCUT2D eigenvalue weighted by atomic mass is 10.2. The Bertz CT molecular complexity index is 290. The van der Waals surface area contributed by atoms with Gasteiger partial charge in [0.05, 0.1) is 12.6 Å². The zero-order chi connectivity index (χ0) is 14.5. The summed E-state index contributed by atoms with van der Waals surface area (Å²) in [6.07, 6.45) is -0.372. The second kappa shape index (κ2) is 7.09. The predicted molar refractivity (Wildman–Crippen MR) is 66.5 cm³/mol. The standard InChI is InChI=1S/C12H22F3N3O/c1-9(11(19)17-10-4-2-3-5-10)18(7-6-16)8-12(13,14)15/h9-10H,2-8,16H2,1H3,(H,17,19). The molecule has 19 heavy (non-hydrogen) atoms. The third-order valence-corrected chi connectivity index (χ3v) is 3.43. The number of alkyl halides is 3. The van der Waals surface area contributed by atoms with Crippen LogP contribution in [0.1, 0.15) is 32.6 Å². The summed E-state index contributed by atoms with van der Waals surface area (Å²) in [6, 6.07) is -0.702. The Labute approximate surface area is 111 Å². The third-order valence-electron chi connectivity index (χ3n) is 3.43. The number of hydrogen-bond donors (Lipinski definition) is 2. The van der Waals surface area contributed by atoms with Crippen molar-refractivity contribution in [3.05, 3.63) is 0 Å². The fourth-order valence-corrected chi connectivity index (χ4v) is 2.36. The largest absolute Gasteiger partial charge is 0.401 e. The van der Waals surface area contributed by atoms with Crippen molar-refractivity contribution in [3.63, 3.8) is 0 Å². The van der Waals surface area contributed by atoms with E-state index in [0.29, 0.717) is 0 Å². The Hall–Kier alpha value is -0.820. The molecule has 0 saturated heterocycles. The highest BCUT2D eigenvalue weighted by Crippen LogP contribution is 2.20. The van der Waals surface area contributed by atoms with Gasteiger partial charge in [-0.1, -0.05) is 12.8 Å². The first-order valence-electron chi connectivity index (χ1n) is 6.64. The van der Waals surface area contributed by atoms with E-state index in [1.807, 2.05) is 0 Å². The van der Waals surface area contributed by atoms with Crippen LogP contribution >= 0.6 is 0 Å². The van der Waals surface area contributed by atoms with E-state index in [-0.39, 0.29) is 25.0 Å². The Morgan fingerprint density at radius 1 is 1.42 bits per heavy atom.